The van der Waals surface area contributed by atoms with Gasteiger partial charge in [-0.1, -0.05) is 365 Å². The van der Waals surface area contributed by atoms with E-state index >= 15 is 0 Å². The van der Waals surface area contributed by atoms with E-state index in [9.17, 15) is 14.4 Å². The maximum Gasteiger partial charge on any atom is 0.306 e. The van der Waals surface area contributed by atoms with E-state index < -0.39 is 6.10 Å². The summed E-state index contributed by atoms with van der Waals surface area (Å²) in [6.07, 6.45) is 87.6. The third kappa shape index (κ3) is 68.3. The maximum absolute atomic E-state index is 12.9. The van der Waals surface area contributed by atoms with Gasteiger partial charge in [0.25, 0.3) is 0 Å². The summed E-state index contributed by atoms with van der Waals surface area (Å²) in [7, 11) is 0. The highest BCUT2D eigenvalue weighted by Crippen LogP contribution is 2.19. The van der Waals surface area contributed by atoms with Crippen molar-refractivity contribution in [2.75, 3.05) is 13.2 Å². The summed E-state index contributed by atoms with van der Waals surface area (Å²) in [5.41, 5.74) is 0. The second-order valence-electron chi connectivity index (χ2n) is 24.9. The van der Waals surface area contributed by atoms with Crippen molar-refractivity contribution in [2.45, 2.75) is 412 Å². The molecule has 6 nitrogen and oxygen atoms in total. The van der Waals surface area contributed by atoms with Crippen LogP contribution in [0, 0.1) is 0 Å². The number of unbranched alkanes of at least 4 members (excludes halogenated alkanes) is 51. The van der Waals surface area contributed by atoms with Crippen LogP contribution in [0.2, 0.25) is 0 Å². The second-order valence-corrected chi connectivity index (χ2v) is 24.9. The Labute approximate surface area is 506 Å². The Hall–Kier alpha value is -2.37. The summed E-state index contributed by atoms with van der Waals surface area (Å²) in [5.74, 6) is -0.847. The molecule has 0 heterocycles. The second kappa shape index (κ2) is 70.1. The molecule has 0 saturated heterocycles. The van der Waals surface area contributed by atoms with Crippen LogP contribution in [-0.4, -0.2) is 37.2 Å². The van der Waals surface area contributed by atoms with E-state index in [1.807, 2.05) is 0 Å². The molecule has 0 aliphatic rings. The van der Waals surface area contributed by atoms with Gasteiger partial charge in [-0.15, -0.1) is 0 Å². The molecular weight excluding hydrogens is 997 g/mol. The number of ether oxygens (including phenoxy) is 3. The highest BCUT2D eigenvalue weighted by Gasteiger charge is 2.19. The van der Waals surface area contributed by atoms with E-state index in [1.165, 1.54) is 289 Å². The zero-order valence-electron chi connectivity index (χ0n) is 54.8. The Bertz CT molecular complexity index is 1350. The summed E-state index contributed by atoms with van der Waals surface area (Å²) in [6, 6.07) is 0. The van der Waals surface area contributed by atoms with Crippen LogP contribution in [0.5, 0.6) is 0 Å². The number of hydrogen-bond donors (Lipinski definition) is 0. The van der Waals surface area contributed by atoms with Gasteiger partial charge in [-0.05, 0) is 57.8 Å². The number of hydrogen-bond acceptors (Lipinski definition) is 6. The van der Waals surface area contributed by atoms with Crippen LogP contribution in [-0.2, 0) is 28.6 Å². The smallest absolute Gasteiger partial charge is 0.306 e. The first kappa shape index (κ1) is 78.6. The fraction of sp³-hybridized carbons (Fsp3) is 0.880. The van der Waals surface area contributed by atoms with Crippen molar-refractivity contribution in [3.63, 3.8) is 0 Å². The van der Waals surface area contributed by atoms with E-state index in [-0.39, 0.29) is 31.1 Å². The molecule has 0 radical (unpaired) electrons. The monoisotopic (exact) mass is 1140 g/mol. The molecular formula is C75H140O6. The SMILES string of the molecule is CCCCCCC/C=C\C/C=C\C/C=C\CCCCCCCCCCC(=O)OC(COC(=O)CCCCCCCCCCCCCC)COC(=O)CCCCCCCCCCCCCCCCCCCCCCCCCCCCCC. The molecule has 1 atom stereocenters. The molecule has 6 heteroatoms. The number of allylic oxidation sites excluding steroid dienone is 6. The highest BCUT2D eigenvalue weighted by molar-refractivity contribution is 5.71. The van der Waals surface area contributed by atoms with Gasteiger partial charge in [0, 0.05) is 19.3 Å². The average Bonchev–Trinajstić information content (AvgIpc) is 3.47. The van der Waals surface area contributed by atoms with Gasteiger partial charge >= 0.3 is 17.9 Å². The van der Waals surface area contributed by atoms with Crippen LogP contribution in [0.25, 0.3) is 0 Å². The Morgan fingerprint density at radius 3 is 0.691 bits per heavy atom. The van der Waals surface area contributed by atoms with Crippen molar-refractivity contribution in [1.82, 2.24) is 0 Å². The normalized spacial score (nSPS) is 12.2. The van der Waals surface area contributed by atoms with Gasteiger partial charge in [0.2, 0.25) is 0 Å². The number of rotatable bonds is 68. The van der Waals surface area contributed by atoms with E-state index in [4.69, 9.17) is 14.2 Å². The Balaban J connectivity index is 4.19. The zero-order valence-corrected chi connectivity index (χ0v) is 54.8. The van der Waals surface area contributed by atoms with Crippen molar-refractivity contribution in [3.05, 3.63) is 36.5 Å². The molecule has 0 N–H and O–H groups in total. The molecule has 0 aliphatic carbocycles. The van der Waals surface area contributed by atoms with Gasteiger partial charge in [0.05, 0.1) is 0 Å². The molecule has 476 valence electrons. The van der Waals surface area contributed by atoms with Crippen LogP contribution in [0.15, 0.2) is 36.5 Å². The van der Waals surface area contributed by atoms with Gasteiger partial charge in [-0.2, -0.15) is 0 Å². The number of esters is 3. The van der Waals surface area contributed by atoms with Crippen LogP contribution in [0.4, 0.5) is 0 Å². The van der Waals surface area contributed by atoms with Gasteiger partial charge < -0.3 is 14.2 Å². The van der Waals surface area contributed by atoms with Crippen LogP contribution >= 0.6 is 0 Å². The van der Waals surface area contributed by atoms with Crippen molar-refractivity contribution in [3.8, 4) is 0 Å². The Morgan fingerprint density at radius 2 is 0.444 bits per heavy atom. The molecule has 0 aromatic rings. The average molecular weight is 1140 g/mol. The molecule has 0 saturated carbocycles. The Morgan fingerprint density at radius 1 is 0.247 bits per heavy atom. The topological polar surface area (TPSA) is 78.9 Å². The minimum absolute atomic E-state index is 0.0694. The summed E-state index contributed by atoms with van der Waals surface area (Å²) in [6.45, 7) is 6.70. The van der Waals surface area contributed by atoms with Crippen LogP contribution < -0.4 is 0 Å². The predicted molar refractivity (Wildman–Crippen MR) is 353 cm³/mol. The number of carbonyl (C=O) groups excluding carboxylic acids is 3. The molecule has 0 bridgehead atoms. The van der Waals surface area contributed by atoms with Crippen LogP contribution in [0.1, 0.15) is 406 Å². The quantitative estimate of drug-likeness (QED) is 0.0261. The molecule has 1 unspecified atom stereocenters. The van der Waals surface area contributed by atoms with Crippen molar-refractivity contribution < 1.29 is 28.6 Å². The molecule has 0 aromatic heterocycles. The van der Waals surface area contributed by atoms with E-state index in [0.717, 1.165) is 77.0 Å². The highest BCUT2D eigenvalue weighted by atomic mass is 16.6. The Kier molecular flexibility index (Phi) is 68.1. The molecule has 81 heavy (non-hydrogen) atoms. The summed E-state index contributed by atoms with van der Waals surface area (Å²) in [4.78, 5) is 38.4. The van der Waals surface area contributed by atoms with E-state index in [2.05, 4.69) is 57.2 Å². The molecule has 0 fully saturated rings. The minimum atomic E-state index is -0.774. The van der Waals surface area contributed by atoms with Gasteiger partial charge in [0.15, 0.2) is 6.10 Å². The largest absolute Gasteiger partial charge is 0.462 e. The predicted octanol–water partition coefficient (Wildman–Crippen LogP) is 25.1. The molecule has 0 amide bonds. The fourth-order valence-electron chi connectivity index (χ4n) is 11.2. The standard InChI is InChI=1S/C75H140O6/c1-4-7-10-13-16-19-22-25-27-29-31-33-35-36-37-38-39-41-42-44-46-48-50-53-56-59-62-65-68-74(77)80-71-72(70-79-73(76)67-64-61-58-55-52-24-21-18-15-12-9-6-3)81-75(78)69-66-63-60-57-54-51-49-47-45-43-40-34-32-30-28-26-23-20-17-14-11-8-5-2/h23,26,30,32,40,43,72H,4-22,24-25,27-29,31,33-39,41-42,44-71H2,1-3H3/b26-23-,32-30-,43-40-. The molecule has 0 aromatic carbocycles. The lowest BCUT2D eigenvalue weighted by Crippen LogP contribution is -2.30. The van der Waals surface area contributed by atoms with E-state index in [1.54, 1.807) is 0 Å². The van der Waals surface area contributed by atoms with Crippen LogP contribution in [0.3, 0.4) is 0 Å². The fourth-order valence-corrected chi connectivity index (χ4v) is 11.2. The summed E-state index contributed by atoms with van der Waals surface area (Å²) >= 11 is 0. The third-order valence-corrected chi connectivity index (χ3v) is 16.6. The minimum Gasteiger partial charge on any atom is -0.462 e. The zero-order chi connectivity index (χ0) is 58.5. The summed E-state index contributed by atoms with van der Waals surface area (Å²) in [5, 5.41) is 0. The lowest BCUT2D eigenvalue weighted by Gasteiger charge is -2.18. The van der Waals surface area contributed by atoms with Crippen molar-refractivity contribution in [1.29, 1.82) is 0 Å². The van der Waals surface area contributed by atoms with Crippen molar-refractivity contribution in [2.24, 2.45) is 0 Å². The lowest BCUT2D eigenvalue weighted by atomic mass is 10.0. The third-order valence-electron chi connectivity index (χ3n) is 16.6. The maximum atomic E-state index is 12.9. The molecule has 0 aliphatic heterocycles. The molecule has 0 spiro atoms. The van der Waals surface area contributed by atoms with Gasteiger partial charge in [-0.3, -0.25) is 14.4 Å². The number of carbonyl (C=O) groups is 3. The van der Waals surface area contributed by atoms with Gasteiger partial charge in [-0.25, -0.2) is 0 Å². The summed E-state index contributed by atoms with van der Waals surface area (Å²) < 4.78 is 17.0. The first-order chi connectivity index (χ1) is 40.0. The first-order valence-corrected chi connectivity index (χ1v) is 36.5. The first-order valence-electron chi connectivity index (χ1n) is 36.5. The van der Waals surface area contributed by atoms with Gasteiger partial charge in [0.1, 0.15) is 13.2 Å². The van der Waals surface area contributed by atoms with E-state index in [0.29, 0.717) is 19.3 Å². The molecule has 0 rings (SSSR count). The van der Waals surface area contributed by atoms with Crippen molar-refractivity contribution >= 4 is 17.9 Å². The lowest BCUT2D eigenvalue weighted by molar-refractivity contribution is -0.167.